The highest BCUT2D eigenvalue weighted by Gasteiger charge is 2.53. The van der Waals surface area contributed by atoms with Gasteiger partial charge in [0.1, 0.15) is 36.6 Å². The van der Waals surface area contributed by atoms with Gasteiger partial charge in [-0.05, 0) is 90.3 Å². The lowest BCUT2D eigenvalue weighted by Crippen LogP contribution is -2.66. The molecule has 2 amide bonds. The third kappa shape index (κ3) is 67.1. The quantitative estimate of drug-likeness (QED) is 0.0191. The van der Waals surface area contributed by atoms with Gasteiger partial charge in [-0.1, -0.05) is 409 Å². The molecule has 0 bridgehead atoms. The molecule has 20 nitrogen and oxygen atoms in total. The van der Waals surface area contributed by atoms with Gasteiger partial charge in [0.05, 0.1) is 38.5 Å². The van der Waals surface area contributed by atoms with Crippen LogP contribution in [0, 0.1) is 0 Å². The molecule has 720 valence electrons. The van der Waals surface area contributed by atoms with Crippen LogP contribution in [0.15, 0.2) is 0 Å². The van der Waals surface area contributed by atoms with Gasteiger partial charge < -0.3 is 58.4 Å². The number of ether oxygens (including phenoxy) is 6. The fourth-order valence-corrected chi connectivity index (χ4v) is 17.9. The second-order valence-electron chi connectivity index (χ2n) is 36.3. The van der Waals surface area contributed by atoms with Crippen molar-refractivity contribution in [2.24, 2.45) is 0 Å². The zero-order chi connectivity index (χ0) is 89.4. The summed E-state index contributed by atoms with van der Waals surface area (Å²) in [5.74, 6) is -2.89. The number of phosphoric ester groups is 1. The zero-order valence-corrected chi connectivity index (χ0v) is 81.4. The number of nitrogens with zero attached hydrogens (tertiary/aromatic N) is 2. The summed E-state index contributed by atoms with van der Waals surface area (Å²) in [7, 11) is -5.49. The van der Waals surface area contributed by atoms with E-state index < -0.39 is 99.7 Å². The molecule has 2 fully saturated rings. The predicted molar refractivity (Wildman–Crippen MR) is 501 cm³/mol. The minimum absolute atomic E-state index is 0.0129. The normalized spacial score (nSPS) is 17.4. The molecule has 2 saturated heterocycles. The smallest absolute Gasteiger partial charge is 0.462 e. The number of hydrogen-bond donors (Lipinski definition) is 4. The fraction of sp³-hybridized carbons (Fsp3) is 0.941. The van der Waals surface area contributed by atoms with E-state index >= 15 is 4.79 Å². The number of rotatable bonds is 86. The van der Waals surface area contributed by atoms with Crippen molar-refractivity contribution in [3.8, 4) is 0 Å². The Morgan fingerprint density at radius 2 is 0.689 bits per heavy atom. The molecular formula is C101H194N3O17P. The van der Waals surface area contributed by atoms with Crippen LogP contribution >= 0.6 is 7.82 Å². The number of carbonyl (C=O) groups is 6. The molecule has 9 atom stereocenters. The molecular weight excluding hydrogens is 1560 g/mol. The second kappa shape index (κ2) is 83.4. The van der Waals surface area contributed by atoms with Gasteiger partial charge in [0.25, 0.3) is 0 Å². The molecule has 0 aromatic carbocycles. The maximum atomic E-state index is 15.1. The van der Waals surface area contributed by atoms with Crippen LogP contribution in [0.25, 0.3) is 0 Å². The van der Waals surface area contributed by atoms with E-state index in [2.05, 4.69) is 72.5 Å². The number of aliphatic hydroxyl groups is 1. The van der Waals surface area contributed by atoms with E-state index in [1.165, 1.54) is 238 Å². The van der Waals surface area contributed by atoms with Gasteiger partial charge in [0.2, 0.25) is 11.8 Å². The molecule has 0 saturated carbocycles. The first-order valence-electron chi connectivity index (χ1n) is 52.1. The molecule has 0 radical (unpaired) electrons. The lowest BCUT2D eigenvalue weighted by molar-refractivity contribution is -0.273. The van der Waals surface area contributed by atoms with E-state index in [9.17, 15) is 43.4 Å². The topological polar surface area (TPSA) is 263 Å². The molecule has 5 unspecified atom stereocenters. The highest BCUT2D eigenvalue weighted by molar-refractivity contribution is 7.46. The molecule has 0 aliphatic carbocycles. The average Bonchev–Trinajstić information content (AvgIpc) is 0.810. The minimum Gasteiger partial charge on any atom is -0.462 e. The first kappa shape index (κ1) is 117. The Bertz CT molecular complexity index is 2470. The summed E-state index contributed by atoms with van der Waals surface area (Å²) in [6.45, 7) is 22.8. The Morgan fingerprint density at radius 3 is 0.984 bits per heavy atom. The molecule has 0 aromatic rings. The van der Waals surface area contributed by atoms with Crippen LogP contribution < -0.4 is 5.32 Å². The predicted octanol–water partition coefficient (Wildman–Crippen LogP) is 26.7. The van der Waals surface area contributed by atoms with Crippen molar-refractivity contribution >= 4 is 43.5 Å². The molecule has 122 heavy (non-hydrogen) atoms. The van der Waals surface area contributed by atoms with Crippen LogP contribution in [-0.4, -0.2) is 155 Å². The second-order valence-corrected chi connectivity index (χ2v) is 37.5. The molecule has 2 heterocycles. The summed E-state index contributed by atoms with van der Waals surface area (Å²) in [5.41, 5.74) is 0. The minimum atomic E-state index is -5.49. The summed E-state index contributed by atoms with van der Waals surface area (Å²) < 4.78 is 56.7. The Morgan fingerprint density at radius 1 is 0.393 bits per heavy atom. The summed E-state index contributed by atoms with van der Waals surface area (Å²) in [5, 5.41) is 14.1. The van der Waals surface area contributed by atoms with Gasteiger partial charge in [0.15, 0.2) is 12.4 Å². The molecule has 21 heteroatoms. The van der Waals surface area contributed by atoms with Crippen LogP contribution in [0.1, 0.15) is 518 Å². The fourth-order valence-electron chi connectivity index (χ4n) is 17.3. The Labute approximate surface area is 748 Å². The zero-order valence-electron chi connectivity index (χ0n) is 80.5. The summed E-state index contributed by atoms with van der Waals surface area (Å²) in [6, 6.07) is -2.10. The average molecular weight is 1750 g/mol. The number of amides is 2. The van der Waals surface area contributed by atoms with E-state index in [1.807, 2.05) is 0 Å². The van der Waals surface area contributed by atoms with E-state index in [0.717, 1.165) is 141 Å². The van der Waals surface area contributed by atoms with Gasteiger partial charge in [-0.3, -0.25) is 33.3 Å². The van der Waals surface area contributed by atoms with Crippen LogP contribution in [0.5, 0.6) is 0 Å². The third-order valence-electron chi connectivity index (χ3n) is 25.1. The number of unbranched alkanes of at least 4 members (excludes halogenated alkanes) is 54. The van der Waals surface area contributed by atoms with Crippen LogP contribution in [0.4, 0.5) is 0 Å². The van der Waals surface area contributed by atoms with Crippen molar-refractivity contribution in [2.75, 3.05) is 39.4 Å². The number of nitrogens with one attached hydrogen (secondary N) is 1. The van der Waals surface area contributed by atoms with Crippen molar-refractivity contribution in [1.82, 2.24) is 15.1 Å². The van der Waals surface area contributed by atoms with Crippen molar-refractivity contribution < 1.29 is 81.2 Å². The number of hydrogen-bond acceptors (Lipinski definition) is 16. The van der Waals surface area contributed by atoms with E-state index in [-0.39, 0.29) is 44.2 Å². The number of esters is 4. The first-order chi connectivity index (χ1) is 59.4. The lowest BCUT2D eigenvalue weighted by Gasteiger charge is -2.45. The van der Waals surface area contributed by atoms with Crippen LogP contribution in [0.3, 0.4) is 0 Å². The van der Waals surface area contributed by atoms with Gasteiger partial charge in [0, 0.05) is 25.8 Å². The summed E-state index contributed by atoms with van der Waals surface area (Å²) in [4.78, 5) is 111. The van der Waals surface area contributed by atoms with E-state index in [0.29, 0.717) is 70.8 Å². The van der Waals surface area contributed by atoms with Crippen molar-refractivity contribution in [2.45, 2.75) is 573 Å². The number of phosphoric acid groups is 1. The first-order valence-corrected chi connectivity index (χ1v) is 53.6. The van der Waals surface area contributed by atoms with E-state index in [4.69, 9.17) is 32.9 Å². The van der Waals surface area contributed by atoms with Crippen molar-refractivity contribution in [3.63, 3.8) is 0 Å². The Hall–Kier alpha value is -3.23. The standard InChI is InChI=1S/C95H179N2O17P.C6H15N/c1-7-13-19-25-31-37-40-46-52-58-64-72-88(101)109-82(69-61-55-49-43-34-28-22-16-10-4)76-86(99)96-92-94(113-91(104)78-84(71-63-57-51-45-36-30-24-18-12-6)111-90(103)74-66-60-54-48-42-39-33-27-21-15-9-3)93(114-115(105,106)107)85(79-98)112-95(92)108-80-81-68-67-75-97(81)87(100)77-83(70-62-56-50-44-35-29-23-17-11-5)110-89(102)73-65-59-53-47-41-38-32-26-20-14-8-2;1-4-7(5-2)6-3/h81-85,92-95,98H,7-80H2,1-6H3,(H,96,99)(H2,105,106,107);4-6H2,1-3H3/t81?,82?,83?,84?,85-,92-,93-,94-,95?;/m1./s1. The molecule has 2 aliphatic rings. The maximum Gasteiger partial charge on any atom is 0.470 e. The molecule has 4 N–H and O–H groups in total. The van der Waals surface area contributed by atoms with Crippen LogP contribution in [0.2, 0.25) is 0 Å². The number of aliphatic hydroxyl groups excluding tert-OH is 1. The van der Waals surface area contributed by atoms with Crippen molar-refractivity contribution in [1.29, 1.82) is 0 Å². The molecule has 2 aliphatic heterocycles. The van der Waals surface area contributed by atoms with Gasteiger partial charge >= 0.3 is 31.7 Å². The number of likely N-dealkylation sites (tertiary alicyclic amines) is 1. The summed E-state index contributed by atoms with van der Waals surface area (Å²) >= 11 is 0. The van der Waals surface area contributed by atoms with Gasteiger partial charge in [-0.25, -0.2) is 4.57 Å². The lowest BCUT2D eigenvalue weighted by atomic mass is 9.95. The molecule has 0 spiro atoms. The monoisotopic (exact) mass is 1750 g/mol. The largest absolute Gasteiger partial charge is 0.470 e. The molecule has 0 aromatic heterocycles. The van der Waals surface area contributed by atoms with Gasteiger partial charge in [-0.15, -0.1) is 0 Å². The number of carbonyl (C=O) groups excluding carboxylic acids is 6. The Balaban J connectivity index is 0.0000101. The summed E-state index contributed by atoms with van der Waals surface area (Å²) in [6.07, 6.45) is 59.7. The highest BCUT2D eigenvalue weighted by atomic mass is 31.2. The van der Waals surface area contributed by atoms with Crippen LogP contribution in [-0.2, 0) is 66.3 Å². The van der Waals surface area contributed by atoms with E-state index in [1.54, 1.807) is 4.90 Å². The van der Waals surface area contributed by atoms with Crippen molar-refractivity contribution in [3.05, 3.63) is 0 Å². The van der Waals surface area contributed by atoms with Gasteiger partial charge in [-0.2, -0.15) is 0 Å². The Kier molecular flexibility index (Phi) is 79.8. The highest BCUT2D eigenvalue weighted by Crippen LogP contribution is 2.43. The maximum absolute atomic E-state index is 15.1. The third-order valence-corrected chi connectivity index (χ3v) is 25.6. The SMILES string of the molecule is CCCCCCCCCCCCCC(=O)OC(CCCCCCCCCCC)CC(=O)N[C@H]1C(OCC2CCCN2C(=O)CC(CCCCCCCCCCC)OC(=O)CCCCCCCCCCCCC)O[C@H](CO)[C@@H](OP(=O)(O)O)[C@@H]1OC(=O)CC(CCCCCCCCCCC)OC(=O)CCCCCCCCCCCCC.CCN(CC)CC. The molecule has 2 rings (SSSR count).